The van der Waals surface area contributed by atoms with Crippen LogP contribution in [0.3, 0.4) is 0 Å². The fourth-order valence-electron chi connectivity index (χ4n) is 2.57. The van der Waals surface area contributed by atoms with Crippen LogP contribution in [0.2, 0.25) is 0 Å². The van der Waals surface area contributed by atoms with E-state index in [9.17, 15) is 8.42 Å². The number of rotatable bonds is 5. The Hall–Kier alpha value is -1.21. The molecule has 0 aromatic carbocycles. The zero-order valence-electron chi connectivity index (χ0n) is 13.1. The van der Waals surface area contributed by atoms with Crippen molar-refractivity contribution in [3.63, 3.8) is 0 Å². The third-order valence-electron chi connectivity index (χ3n) is 3.86. The minimum atomic E-state index is -2.89. The first-order valence-corrected chi connectivity index (χ1v) is 9.10. The van der Waals surface area contributed by atoms with Crippen LogP contribution in [0.1, 0.15) is 37.7 Å². The summed E-state index contributed by atoms with van der Waals surface area (Å²) in [4.78, 5) is 11.1. The van der Waals surface area contributed by atoms with Crippen molar-refractivity contribution >= 4 is 15.5 Å². The van der Waals surface area contributed by atoms with Crippen LogP contribution in [0, 0.1) is 0 Å². The van der Waals surface area contributed by atoms with Crippen molar-refractivity contribution in [2.45, 2.75) is 38.8 Å². The molecule has 0 bridgehead atoms. The topological polar surface area (TPSA) is 75.2 Å². The molecule has 0 saturated carbocycles. The van der Waals surface area contributed by atoms with E-state index in [1.54, 1.807) is 0 Å². The number of hydrogen-bond acceptors (Lipinski definition) is 6. The Morgan fingerprint density at radius 2 is 2.19 bits per heavy atom. The molecule has 118 valence electrons. The van der Waals surface area contributed by atoms with Crippen molar-refractivity contribution in [2.24, 2.45) is 0 Å². The van der Waals surface area contributed by atoms with Crippen molar-refractivity contribution in [3.8, 4) is 0 Å². The fraction of sp³-hybridized carbons (Fsp3) is 0.714. The second-order valence-corrected chi connectivity index (χ2v) is 8.14. The van der Waals surface area contributed by atoms with Crippen LogP contribution in [0.5, 0.6) is 0 Å². The highest BCUT2D eigenvalue weighted by molar-refractivity contribution is 7.91. The van der Waals surface area contributed by atoms with Crippen LogP contribution >= 0.6 is 0 Å². The van der Waals surface area contributed by atoms with Gasteiger partial charge >= 0.3 is 0 Å². The van der Waals surface area contributed by atoms with Gasteiger partial charge in [-0.3, -0.25) is 0 Å². The Balaban J connectivity index is 2.29. The summed E-state index contributed by atoms with van der Waals surface area (Å²) in [6.07, 6.45) is 2.49. The van der Waals surface area contributed by atoms with Crippen LogP contribution in [0.25, 0.3) is 0 Å². The van der Waals surface area contributed by atoms with Crippen molar-refractivity contribution in [2.75, 3.05) is 30.5 Å². The standard InChI is InChI=1S/C14H24N4O2S/c1-10(2)14-16-8-13(12(17-14)7-15-3)18(4)11-5-6-21(19,20)9-11/h8,10-11,15H,5-7,9H2,1-4H3. The molecule has 6 nitrogen and oxygen atoms in total. The Morgan fingerprint density at radius 3 is 2.71 bits per heavy atom. The lowest BCUT2D eigenvalue weighted by molar-refractivity contribution is 0.600. The summed E-state index contributed by atoms with van der Waals surface area (Å²) < 4.78 is 23.3. The predicted octanol–water partition coefficient (Wildman–Crippen LogP) is 0.943. The quantitative estimate of drug-likeness (QED) is 0.872. The highest BCUT2D eigenvalue weighted by Crippen LogP contribution is 2.25. The molecule has 0 aliphatic carbocycles. The van der Waals surface area contributed by atoms with Gasteiger partial charge in [-0.05, 0) is 13.5 Å². The Labute approximate surface area is 126 Å². The van der Waals surface area contributed by atoms with Gasteiger partial charge in [0.25, 0.3) is 0 Å². The predicted molar refractivity (Wildman–Crippen MR) is 84.3 cm³/mol. The van der Waals surface area contributed by atoms with E-state index < -0.39 is 9.84 Å². The van der Waals surface area contributed by atoms with Crippen molar-refractivity contribution in [1.29, 1.82) is 0 Å². The van der Waals surface area contributed by atoms with Crippen molar-refractivity contribution < 1.29 is 8.42 Å². The maximum Gasteiger partial charge on any atom is 0.152 e. The van der Waals surface area contributed by atoms with Gasteiger partial charge in [0.15, 0.2) is 9.84 Å². The average molecular weight is 312 g/mol. The molecule has 1 saturated heterocycles. The molecule has 7 heteroatoms. The molecule has 0 radical (unpaired) electrons. The summed E-state index contributed by atoms with van der Waals surface area (Å²) >= 11 is 0. The van der Waals surface area contributed by atoms with Gasteiger partial charge in [-0.15, -0.1) is 0 Å². The molecule has 1 aliphatic heterocycles. The lowest BCUT2D eigenvalue weighted by Crippen LogP contribution is -2.34. The molecular weight excluding hydrogens is 288 g/mol. The molecule has 1 fully saturated rings. The molecular formula is C14H24N4O2S. The second-order valence-electron chi connectivity index (χ2n) is 5.91. The van der Waals surface area contributed by atoms with E-state index in [2.05, 4.69) is 29.1 Å². The normalized spacial score (nSPS) is 20.9. The summed E-state index contributed by atoms with van der Waals surface area (Å²) in [7, 11) is 0.912. The van der Waals surface area contributed by atoms with E-state index >= 15 is 0 Å². The largest absolute Gasteiger partial charge is 0.368 e. The van der Waals surface area contributed by atoms with Gasteiger partial charge in [0.05, 0.1) is 29.1 Å². The molecule has 1 unspecified atom stereocenters. The summed E-state index contributed by atoms with van der Waals surface area (Å²) in [6, 6.07) is 0.0131. The number of anilines is 1. The van der Waals surface area contributed by atoms with Gasteiger partial charge in [-0.1, -0.05) is 13.8 Å². The molecule has 1 N–H and O–H groups in total. The van der Waals surface area contributed by atoms with Crippen LogP contribution in [0.4, 0.5) is 5.69 Å². The second kappa shape index (κ2) is 6.27. The Bertz CT molecular complexity index is 601. The zero-order valence-corrected chi connectivity index (χ0v) is 13.9. The first kappa shape index (κ1) is 16.2. The average Bonchev–Trinajstić information content (AvgIpc) is 2.78. The monoisotopic (exact) mass is 312 g/mol. The summed E-state index contributed by atoms with van der Waals surface area (Å²) in [5, 5.41) is 3.12. The number of nitrogens with one attached hydrogen (secondary N) is 1. The minimum absolute atomic E-state index is 0.0131. The summed E-state index contributed by atoms with van der Waals surface area (Å²) in [6.45, 7) is 4.76. The smallest absolute Gasteiger partial charge is 0.152 e. The Kier molecular flexibility index (Phi) is 4.83. The molecule has 0 amide bonds. The van der Waals surface area contributed by atoms with Gasteiger partial charge in [-0.2, -0.15) is 0 Å². The third kappa shape index (κ3) is 3.71. The van der Waals surface area contributed by atoms with E-state index in [-0.39, 0.29) is 23.5 Å². The molecule has 1 aliphatic rings. The number of aromatic nitrogens is 2. The van der Waals surface area contributed by atoms with Gasteiger partial charge < -0.3 is 10.2 Å². The molecule has 2 heterocycles. The third-order valence-corrected chi connectivity index (χ3v) is 5.61. The van der Waals surface area contributed by atoms with E-state index in [1.165, 1.54) is 0 Å². The maximum absolute atomic E-state index is 11.7. The lowest BCUT2D eigenvalue weighted by atomic mass is 10.1. The number of hydrogen-bond donors (Lipinski definition) is 1. The van der Waals surface area contributed by atoms with Crippen LogP contribution in [-0.4, -0.2) is 50.0 Å². The van der Waals surface area contributed by atoms with E-state index in [1.807, 2.05) is 25.2 Å². The SMILES string of the molecule is CNCc1nc(C(C)C)ncc1N(C)C1CCS(=O)(=O)C1. The molecule has 21 heavy (non-hydrogen) atoms. The fourth-order valence-corrected chi connectivity index (χ4v) is 4.35. The van der Waals surface area contributed by atoms with Crippen LogP contribution in [0.15, 0.2) is 6.20 Å². The van der Waals surface area contributed by atoms with Crippen molar-refractivity contribution in [1.82, 2.24) is 15.3 Å². The molecule has 1 atom stereocenters. The maximum atomic E-state index is 11.7. The van der Waals surface area contributed by atoms with Gasteiger partial charge in [0.1, 0.15) is 5.82 Å². The minimum Gasteiger partial charge on any atom is -0.368 e. The number of nitrogens with zero attached hydrogens (tertiary/aromatic N) is 3. The molecule has 2 rings (SSSR count). The number of sulfone groups is 1. The van der Waals surface area contributed by atoms with Gasteiger partial charge in [0.2, 0.25) is 0 Å². The van der Waals surface area contributed by atoms with Gasteiger partial charge in [0, 0.05) is 25.6 Å². The summed E-state index contributed by atoms with van der Waals surface area (Å²) in [5.41, 5.74) is 1.83. The lowest BCUT2D eigenvalue weighted by Gasteiger charge is -2.27. The zero-order chi connectivity index (χ0) is 15.6. The van der Waals surface area contributed by atoms with E-state index in [0.29, 0.717) is 13.0 Å². The first-order chi connectivity index (χ1) is 9.84. The Morgan fingerprint density at radius 1 is 1.48 bits per heavy atom. The highest BCUT2D eigenvalue weighted by Gasteiger charge is 2.31. The van der Waals surface area contributed by atoms with Crippen LogP contribution < -0.4 is 10.2 Å². The summed E-state index contributed by atoms with van der Waals surface area (Å²) in [5.74, 6) is 1.58. The van der Waals surface area contributed by atoms with Crippen LogP contribution in [-0.2, 0) is 16.4 Å². The van der Waals surface area contributed by atoms with E-state index in [0.717, 1.165) is 17.2 Å². The first-order valence-electron chi connectivity index (χ1n) is 7.27. The van der Waals surface area contributed by atoms with Crippen molar-refractivity contribution in [3.05, 3.63) is 17.7 Å². The van der Waals surface area contributed by atoms with E-state index in [4.69, 9.17) is 0 Å². The molecule has 1 aromatic heterocycles. The highest BCUT2D eigenvalue weighted by atomic mass is 32.2. The molecule has 1 aromatic rings. The molecule has 0 spiro atoms. The van der Waals surface area contributed by atoms with Gasteiger partial charge in [-0.25, -0.2) is 18.4 Å².